The van der Waals surface area contributed by atoms with Crippen molar-refractivity contribution in [3.63, 3.8) is 0 Å². The minimum absolute atomic E-state index is 0.181. The summed E-state index contributed by atoms with van der Waals surface area (Å²) in [5, 5.41) is 2.64. The Hall–Kier alpha value is -2.83. The van der Waals surface area contributed by atoms with Crippen molar-refractivity contribution >= 4 is 11.9 Å². The number of aromatic nitrogens is 3. The molecule has 2 rings (SSSR count). The Morgan fingerprint density at radius 2 is 2.10 bits per heavy atom. The molecule has 102 valence electrons. The lowest BCUT2D eigenvalue weighted by molar-refractivity contribution is 0.0600. The van der Waals surface area contributed by atoms with Crippen LogP contribution >= 0.6 is 0 Å². The smallest absolute Gasteiger partial charge is 0.337 e. The second-order valence-electron chi connectivity index (χ2n) is 3.80. The molecule has 0 saturated carbocycles. The van der Waals surface area contributed by atoms with Gasteiger partial charge in [-0.2, -0.15) is 0 Å². The van der Waals surface area contributed by atoms with Crippen LogP contribution in [0.1, 0.15) is 26.5 Å². The van der Waals surface area contributed by atoms with Crippen molar-refractivity contribution in [1.29, 1.82) is 0 Å². The Morgan fingerprint density at radius 3 is 2.80 bits per heavy atom. The van der Waals surface area contributed by atoms with Gasteiger partial charge in [0.15, 0.2) is 0 Å². The Bertz CT molecular complexity index is 616. The fraction of sp³-hybridized carbons (Fsp3) is 0.154. The van der Waals surface area contributed by atoms with Crippen LogP contribution in [0, 0.1) is 0 Å². The monoisotopic (exact) mass is 272 g/mol. The van der Waals surface area contributed by atoms with E-state index >= 15 is 0 Å². The summed E-state index contributed by atoms with van der Waals surface area (Å²) >= 11 is 0. The van der Waals surface area contributed by atoms with Gasteiger partial charge in [-0.3, -0.25) is 14.8 Å². The summed E-state index contributed by atoms with van der Waals surface area (Å²) in [6, 6.07) is 3.10. The van der Waals surface area contributed by atoms with E-state index in [1.54, 1.807) is 12.1 Å². The summed E-state index contributed by atoms with van der Waals surface area (Å²) < 4.78 is 4.61. The molecule has 2 aromatic rings. The van der Waals surface area contributed by atoms with Crippen molar-refractivity contribution in [2.45, 2.75) is 6.54 Å². The number of hydrogen-bond donors (Lipinski definition) is 1. The van der Waals surface area contributed by atoms with Crippen LogP contribution in [-0.4, -0.2) is 33.9 Å². The Balaban J connectivity index is 2.01. The molecule has 0 aliphatic carbocycles. The van der Waals surface area contributed by atoms with E-state index in [-0.39, 0.29) is 18.1 Å². The Morgan fingerprint density at radius 1 is 1.25 bits per heavy atom. The van der Waals surface area contributed by atoms with E-state index in [9.17, 15) is 9.59 Å². The topological polar surface area (TPSA) is 94.1 Å². The molecule has 0 atom stereocenters. The number of nitrogens with one attached hydrogen (secondary N) is 1. The van der Waals surface area contributed by atoms with Crippen molar-refractivity contribution in [3.05, 3.63) is 53.9 Å². The lowest BCUT2D eigenvalue weighted by atomic mass is 10.2. The Kier molecular flexibility index (Phi) is 4.33. The molecule has 0 saturated heterocycles. The number of esters is 1. The number of nitrogens with zero attached hydrogens (tertiary/aromatic N) is 3. The van der Waals surface area contributed by atoms with Gasteiger partial charge in [-0.25, -0.2) is 9.78 Å². The molecule has 0 unspecified atom stereocenters. The van der Waals surface area contributed by atoms with Crippen LogP contribution < -0.4 is 5.32 Å². The second-order valence-corrected chi connectivity index (χ2v) is 3.80. The zero-order valence-electron chi connectivity index (χ0n) is 10.7. The summed E-state index contributed by atoms with van der Waals surface area (Å²) in [4.78, 5) is 34.9. The molecular formula is C13H12N4O3. The number of rotatable bonds is 4. The van der Waals surface area contributed by atoms with Crippen LogP contribution in [0.3, 0.4) is 0 Å². The molecule has 0 spiro atoms. The number of methoxy groups -OCH3 is 1. The summed E-state index contributed by atoms with van der Waals surface area (Å²) in [6.45, 7) is 0.181. The van der Waals surface area contributed by atoms with Crippen molar-refractivity contribution in [1.82, 2.24) is 20.3 Å². The van der Waals surface area contributed by atoms with E-state index in [4.69, 9.17) is 0 Å². The summed E-state index contributed by atoms with van der Waals surface area (Å²) in [5.41, 5.74) is 1.15. The highest BCUT2D eigenvalue weighted by atomic mass is 16.5. The summed E-state index contributed by atoms with van der Waals surface area (Å²) in [6.07, 6.45) is 5.77. The SMILES string of the molecule is COC(=O)c1ccnc(CNC(=O)c2cnccn2)c1. The zero-order chi connectivity index (χ0) is 14.4. The molecule has 1 N–H and O–H groups in total. The minimum atomic E-state index is -0.450. The molecule has 0 fully saturated rings. The normalized spacial score (nSPS) is 9.85. The maximum absolute atomic E-state index is 11.8. The molecular weight excluding hydrogens is 260 g/mol. The van der Waals surface area contributed by atoms with Gasteiger partial charge in [0, 0.05) is 18.6 Å². The lowest BCUT2D eigenvalue weighted by Gasteiger charge is -2.05. The van der Waals surface area contributed by atoms with Crippen molar-refractivity contribution in [2.24, 2.45) is 0 Å². The van der Waals surface area contributed by atoms with Gasteiger partial charge in [0.1, 0.15) is 5.69 Å². The second kappa shape index (κ2) is 6.37. The molecule has 20 heavy (non-hydrogen) atoms. The number of carbonyl (C=O) groups is 2. The van der Waals surface area contributed by atoms with E-state index < -0.39 is 5.97 Å². The average Bonchev–Trinajstić information content (AvgIpc) is 2.53. The molecule has 2 aromatic heterocycles. The highest BCUT2D eigenvalue weighted by molar-refractivity contribution is 5.92. The molecule has 2 heterocycles. The molecule has 7 heteroatoms. The first-order valence-corrected chi connectivity index (χ1v) is 5.78. The van der Waals surface area contributed by atoms with Crippen LogP contribution in [0.25, 0.3) is 0 Å². The molecule has 0 aromatic carbocycles. The average molecular weight is 272 g/mol. The zero-order valence-corrected chi connectivity index (χ0v) is 10.7. The van der Waals surface area contributed by atoms with Crippen LogP contribution in [0.2, 0.25) is 0 Å². The molecule has 7 nitrogen and oxygen atoms in total. The third-order valence-electron chi connectivity index (χ3n) is 2.46. The van der Waals surface area contributed by atoms with Gasteiger partial charge >= 0.3 is 5.97 Å². The van der Waals surface area contributed by atoms with Crippen LogP contribution in [0.4, 0.5) is 0 Å². The van der Waals surface area contributed by atoms with Crippen LogP contribution in [0.15, 0.2) is 36.9 Å². The summed E-state index contributed by atoms with van der Waals surface area (Å²) in [5.74, 6) is -0.808. The fourth-order valence-electron chi connectivity index (χ4n) is 1.50. The number of pyridine rings is 1. The summed E-state index contributed by atoms with van der Waals surface area (Å²) in [7, 11) is 1.30. The third kappa shape index (κ3) is 3.35. The van der Waals surface area contributed by atoms with Crippen LogP contribution in [0.5, 0.6) is 0 Å². The predicted octanol–water partition coefficient (Wildman–Crippen LogP) is 0.588. The third-order valence-corrected chi connectivity index (χ3v) is 2.46. The molecule has 0 aliphatic rings. The maximum atomic E-state index is 11.8. The maximum Gasteiger partial charge on any atom is 0.337 e. The first-order chi connectivity index (χ1) is 9.70. The van der Waals surface area contributed by atoms with E-state index in [1.807, 2.05) is 0 Å². The molecule has 0 bridgehead atoms. The minimum Gasteiger partial charge on any atom is -0.465 e. The van der Waals surface area contributed by atoms with Gasteiger partial charge in [0.25, 0.3) is 5.91 Å². The predicted molar refractivity (Wildman–Crippen MR) is 68.8 cm³/mol. The highest BCUT2D eigenvalue weighted by Crippen LogP contribution is 2.03. The first kappa shape index (κ1) is 13.6. The number of carbonyl (C=O) groups excluding carboxylic acids is 2. The van der Waals surface area contributed by atoms with Crippen molar-refractivity contribution < 1.29 is 14.3 Å². The van der Waals surface area contributed by atoms with E-state index in [0.717, 1.165) is 0 Å². The molecule has 0 aliphatic heterocycles. The fourth-order valence-corrected chi connectivity index (χ4v) is 1.50. The van der Waals surface area contributed by atoms with Gasteiger partial charge in [0.05, 0.1) is 31.1 Å². The first-order valence-electron chi connectivity index (χ1n) is 5.78. The standard InChI is InChI=1S/C13H12N4O3/c1-20-13(19)9-2-3-15-10(6-9)7-17-12(18)11-8-14-4-5-16-11/h2-6,8H,7H2,1H3,(H,17,18). The van der Waals surface area contributed by atoms with Gasteiger partial charge in [0.2, 0.25) is 0 Å². The number of amides is 1. The Labute approximate surface area is 115 Å². The molecule has 0 radical (unpaired) electrons. The van der Waals surface area contributed by atoms with Crippen LogP contribution in [-0.2, 0) is 11.3 Å². The number of ether oxygens (including phenoxy) is 1. The quantitative estimate of drug-likeness (QED) is 0.818. The van der Waals surface area contributed by atoms with E-state index in [0.29, 0.717) is 11.3 Å². The van der Waals surface area contributed by atoms with Gasteiger partial charge in [-0.15, -0.1) is 0 Å². The van der Waals surface area contributed by atoms with Gasteiger partial charge in [-0.1, -0.05) is 0 Å². The number of hydrogen-bond acceptors (Lipinski definition) is 6. The van der Waals surface area contributed by atoms with Crippen molar-refractivity contribution in [3.8, 4) is 0 Å². The lowest BCUT2D eigenvalue weighted by Crippen LogP contribution is -2.24. The van der Waals surface area contributed by atoms with Gasteiger partial charge < -0.3 is 10.1 Å². The highest BCUT2D eigenvalue weighted by Gasteiger charge is 2.09. The van der Waals surface area contributed by atoms with E-state index in [2.05, 4.69) is 25.0 Å². The van der Waals surface area contributed by atoms with Gasteiger partial charge in [-0.05, 0) is 12.1 Å². The largest absolute Gasteiger partial charge is 0.465 e. The van der Waals surface area contributed by atoms with Crippen molar-refractivity contribution in [2.75, 3.05) is 7.11 Å². The van der Waals surface area contributed by atoms with E-state index in [1.165, 1.54) is 31.9 Å². The molecule has 1 amide bonds.